The molecule has 2 aromatic carbocycles. The van der Waals surface area contributed by atoms with E-state index in [0.717, 1.165) is 10.8 Å². The molecule has 0 aliphatic carbocycles. The number of nitrogens with zero attached hydrogens (tertiary/aromatic N) is 2. The first kappa shape index (κ1) is 16.2. The van der Waals surface area contributed by atoms with Gasteiger partial charge in [0.25, 0.3) is 5.91 Å². The van der Waals surface area contributed by atoms with Gasteiger partial charge in [0, 0.05) is 11.4 Å². The molecular weight excluding hydrogens is 352 g/mol. The first-order valence-corrected chi connectivity index (χ1v) is 8.99. The Bertz CT molecular complexity index is 1140. The number of imidazole rings is 1. The highest BCUT2D eigenvalue weighted by Crippen LogP contribution is 2.23. The molecule has 0 spiro atoms. The van der Waals surface area contributed by atoms with E-state index < -0.39 is 5.76 Å². The first-order chi connectivity index (χ1) is 12.7. The summed E-state index contributed by atoms with van der Waals surface area (Å²) in [5.41, 5.74) is 2.78. The van der Waals surface area contributed by atoms with Gasteiger partial charge in [-0.3, -0.25) is 14.3 Å². The molecule has 2 N–H and O–H groups in total. The smallest absolute Gasteiger partial charge is 0.408 e. The molecule has 0 unspecified atom stereocenters. The second kappa shape index (κ2) is 6.57. The molecule has 0 bridgehead atoms. The van der Waals surface area contributed by atoms with Gasteiger partial charge in [-0.2, -0.15) is 0 Å². The van der Waals surface area contributed by atoms with Crippen molar-refractivity contribution in [2.75, 3.05) is 11.6 Å². The molecule has 26 heavy (non-hydrogen) atoms. The number of hydrogen-bond donors (Lipinski definition) is 2. The zero-order valence-electron chi connectivity index (χ0n) is 13.7. The number of aromatic nitrogens is 3. The molecule has 4 aromatic rings. The van der Waals surface area contributed by atoms with Crippen molar-refractivity contribution in [2.24, 2.45) is 0 Å². The van der Waals surface area contributed by atoms with E-state index in [-0.39, 0.29) is 5.91 Å². The minimum atomic E-state index is -0.532. The van der Waals surface area contributed by atoms with E-state index in [4.69, 9.17) is 4.42 Å². The molecule has 0 aliphatic rings. The van der Waals surface area contributed by atoms with Crippen molar-refractivity contribution in [1.29, 1.82) is 0 Å². The van der Waals surface area contributed by atoms with Crippen LogP contribution >= 0.6 is 11.8 Å². The lowest BCUT2D eigenvalue weighted by Crippen LogP contribution is -2.16. The van der Waals surface area contributed by atoms with Gasteiger partial charge in [0.05, 0.1) is 11.7 Å². The van der Waals surface area contributed by atoms with Crippen LogP contribution in [-0.4, -0.2) is 26.7 Å². The van der Waals surface area contributed by atoms with E-state index in [2.05, 4.69) is 15.3 Å². The number of carbonyl (C=O) groups excluding carboxylic acids is 1. The summed E-state index contributed by atoms with van der Waals surface area (Å²) in [6.07, 6.45) is 3.46. The quantitative estimate of drug-likeness (QED) is 0.541. The lowest BCUT2D eigenvalue weighted by Gasteiger charge is -2.11. The Morgan fingerprint density at radius 1 is 1.23 bits per heavy atom. The zero-order chi connectivity index (χ0) is 18.1. The van der Waals surface area contributed by atoms with Crippen molar-refractivity contribution in [2.45, 2.75) is 5.16 Å². The minimum Gasteiger partial charge on any atom is -0.408 e. The Hall–Kier alpha value is -3.26. The maximum Gasteiger partial charge on any atom is 0.417 e. The minimum absolute atomic E-state index is 0.299. The third kappa shape index (κ3) is 2.91. The van der Waals surface area contributed by atoms with Crippen molar-refractivity contribution < 1.29 is 9.21 Å². The van der Waals surface area contributed by atoms with E-state index in [1.54, 1.807) is 29.0 Å². The maximum atomic E-state index is 12.8. The van der Waals surface area contributed by atoms with Crippen molar-refractivity contribution >= 4 is 34.5 Å². The van der Waals surface area contributed by atoms with Gasteiger partial charge in [0.15, 0.2) is 10.7 Å². The number of benzene rings is 2. The number of hydrogen-bond acceptors (Lipinski definition) is 5. The summed E-state index contributed by atoms with van der Waals surface area (Å²) in [6.45, 7) is 0. The second-order valence-electron chi connectivity index (χ2n) is 5.48. The number of amides is 1. The van der Waals surface area contributed by atoms with E-state index in [1.807, 2.05) is 36.6 Å². The fraction of sp³-hybridized carbons (Fsp3) is 0.0556. The second-order valence-corrected chi connectivity index (χ2v) is 6.25. The zero-order valence-corrected chi connectivity index (χ0v) is 14.5. The monoisotopic (exact) mass is 366 g/mol. The van der Waals surface area contributed by atoms with Crippen LogP contribution in [0.25, 0.3) is 16.8 Å². The lowest BCUT2D eigenvalue weighted by molar-refractivity contribution is 0.102. The van der Waals surface area contributed by atoms with Crippen molar-refractivity contribution in [3.05, 3.63) is 71.0 Å². The van der Waals surface area contributed by atoms with Crippen LogP contribution in [0.4, 0.5) is 5.69 Å². The van der Waals surface area contributed by atoms with E-state index >= 15 is 0 Å². The number of rotatable bonds is 4. The fourth-order valence-electron chi connectivity index (χ4n) is 2.69. The summed E-state index contributed by atoms with van der Waals surface area (Å²) in [5, 5.41) is 3.55. The van der Waals surface area contributed by atoms with Crippen LogP contribution in [0.1, 0.15) is 10.5 Å². The van der Waals surface area contributed by atoms with Gasteiger partial charge in [0.1, 0.15) is 5.69 Å². The predicted octanol–water partition coefficient (Wildman–Crippen LogP) is 3.28. The normalized spacial score (nSPS) is 11.0. The van der Waals surface area contributed by atoms with E-state index in [9.17, 15) is 9.59 Å². The van der Waals surface area contributed by atoms with E-state index in [0.29, 0.717) is 22.5 Å². The summed E-state index contributed by atoms with van der Waals surface area (Å²) < 4.78 is 6.77. The summed E-state index contributed by atoms with van der Waals surface area (Å²) in [7, 11) is 0. The molecule has 0 saturated carbocycles. The molecule has 8 heteroatoms. The van der Waals surface area contributed by atoms with Gasteiger partial charge in [-0.05, 0) is 36.6 Å². The van der Waals surface area contributed by atoms with Crippen LogP contribution < -0.4 is 11.1 Å². The highest BCUT2D eigenvalue weighted by molar-refractivity contribution is 7.98. The average Bonchev–Trinajstić information content (AvgIpc) is 3.24. The fourth-order valence-corrected chi connectivity index (χ4v) is 3.23. The van der Waals surface area contributed by atoms with Gasteiger partial charge in [-0.25, -0.2) is 9.78 Å². The molecule has 4 rings (SSSR count). The molecule has 0 aliphatic heterocycles. The summed E-state index contributed by atoms with van der Waals surface area (Å²) in [4.78, 5) is 31.0. The number of oxazole rings is 1. The van der Waals surface area contributed by atoms with Crippen LogP contribution in [0.5, 0.6) is 0 Å². The topological polar surface area (TPSA) is 92.9 Å². The van der Waals surface area contributed by atoms with E-state index in [1.165, 1.54) is 11.8 Å². The predicted molar refractivity (Wildman–Crippen MR) is 100 cm³/mol. The summed E-state index contributed by atoms with van der Waals surface area (Å²) in [5.74, 6) is -0.831. The Morgan fingerprint density at radius 2 is 2.04 bits per heavy atom. The Kier molecular flexibility index (Phi) is 4.10. The molecule has 2 heterocycles. The number of H-pyrrole nitrogens is 1. The standard InChI is InChI=1S/C18H14N4O3S/c1-26-17-19-10-14(22(17)12-5-3-2-4-6-12)16(23)20-11-7-8-15-13(9-11)21-18(24)25-15/h2-10H,1H3,(H,20,23)(H,21,24). The highest BCUT2D eigenvalue weighted by atomic mass is 32.2. The number of carbonyl (C=O) groups is 1. The summed E-state index contributed by atoms with van der Waals surface area (Å²) >= 11 is 1.46. The molecule has 0 atom stereocenters. The third-order valence-electron chi connectivity index (χ3n) is 3.84. The molecule has 0 radical (unpaired) electrons. The molecule has 7 nitrogen and oxygen atoms in total. The van der Waals surface area contributed by atoms with Gasteiger partial charge in [-0.15, -0.1) is 0 Å². The molecular formula is C18H14N4O3S. The Balaban J connectivity index is 1.69. The van der Waals surface area contributed by atoms with Crippen LogP contribution in [-0.2, 0) is 0 Å². The summed E-state index contributed by atoms with van der Waals surface area (Å²) in [6, 6.07) is 14.5. The third-order valence-corrected chi connectivity index (χ3v) is 4.49. The SMILES string of the molecule is CSc1ncc(C(=O)Nc2ccc3oc(=O)[nH]c3c2)n1-c1ccccc1. The van der Waals surface area contributed by atoms with Crippen LogP contribution in [0.3, 0.4) is 0 Å². The number of fused-ring (bicyclic) bond motifs is 1. The molecule has 130 valence electrons. The van der Waals surface area contributed by atoms with Crippen LogP contribution in [0.2, 0.25) is 0 Å². The Morgan fingerprint density at radius 3 is 2.81 bits per heavy atom. The van der Waals surface area contributed by atoms with Gasteiger partial charge < -0.3 is 9.73 Å². The first-order valence-electron chi connectivity index (χ1n) is 7.77. The Labute approximate surface area is 152 Å². The number of anilines is 1. The van der Waals surface area contributed by atoms with Crippen molar-refractivity contribution in [1.82, 2.24) is 14.5 Å². The van der Waals surface area contributed by atoms with Crippen LogP contribution in [0.15, 0.2) is 69.1 Å². The maximum absolute atomic E-state index is 12.8. The number of nitrogens with one attached hydrogen (secondary N) is 2. The molecule has 0 fully saturated rings. The van der Waals surface area contributed by atoms with Gasteiger partial charge in [-0.1, -0.05) is 30.0 Å². The average molecular weight is 366 g/mol. The molecule has 1 amide bonds. The number of thioether (sulfide) groups is 1. The highest BCUT2D eigenvalue weighted by Gasteiger charge is 2.18. The number of aromatic amines is 1. The van der Waals surface area contributed by atoms with Crippen LogP contribution in [0, 0.1) is 0 Å². The lowest BCUT2D eigenvalue weighted by atomic mass is 10.2. The van der Waals surface area contributed by atoms with Crippen molar-refractivity contribution in [3.8, 4) is 5.69 Å². The van der Waals surface area contributed by atoms with Crippen molar-refractivity contribution in [3.63, 3.8) is 0 Å². The van der Waals surface area contributed by atoms with Gasteiger partial charge >= 0.3 is 5.76 Å². The molecule has 0 saturated heterocycles. The van der Waals surface area contributed by atoms with Gasteiger partial charge in [0.2, 0.25) is 0 Å². The molecule has 2 aromatic heterocycles. The number of para-hydroxylation sites is 1. The largest absolute Gasteiger partial charge is 0.417 e.